The summed E-state index contributed by atoms with van der Waals surface area (Å²) in [5.41, 5.74) is 2.35. The monoisotopic (exact) mass is 247 g/mol. The van der Waals surface area contributed by atoms with Crippen LogP contribution in [0.2, 0.25) is 0 Å². The highest BCUT2D eigenvalue weighted by atomic mass is 16.3. The van der Waals surface area contributed by atoms with Crippen LogP contribution in [-0.4, -0.2) is 17.7 Å². The number of aliphatic hydroxyl groups excluding tert-OH is 1. The molecule has 0 aromatic heterocycles. The Bertz CT molecular complexity index is 356. The summed E-state index contributed by atoms with van der Waals surface area (Å²) in [6, 6.07) is 9.25. The van der Waals surface area contributed by atoms with Crippen molar-refractivity contribution in [3.8, 4) is 0 Å². The molecule has 0 radical (unpaired) electrons. The molecule has 100 valence electrons. The quantitative estimate of drug-likeness (QED) is 0.790. The molecule has 0 unspecified atom stereocenters. The third kappa shape index (κ3) is 3.26. The summed E-state index contributed by atoms with van der Waals surface area (Å²) in [5, 5.41) is 9.81. The maximum atomic E-state index is 9.81. The van der Waals surface area contributed by atoms with Crippen molar-refractivity contribution < 1.29 is 5.11 Å². The summed E-state index contributed by atoms with van der Waals surface area (Å²) in [6.07, 6.45) is 5.64. The van der Waals surface area contributed by atoms with E-state index in [1.165, 1.54) is 31.4 Å². The zero-order chi connectivity index (χ0) is 13.0. The zero-order valence-electron chi connectivity index (χ0n) is 11.6. The van der Waals surface area contributed by atoms with Crippen molar-refractivity contribution >= 4 is 5.69 Å². The lowest BCUT2D eigenvalue weighted by molar-refractivity contribution is 0.173. The average Bonchev–Trinajstić information content (AvgIpc) is 3.24. The van der Waals surface area contributed by atoms with Crippen molar-refractivity contribution in [2.75, 3.05) is 11.4 Å². The van der Waals surface area contributed by atoms with Crippen LogP contribution >= 0.6 is 0 Å². The van der Waals surface area contributed by atoms with Crippen LogP contribution in [0.5, 0.6) is 0 Å². The van der Waals surface area contributed by atoms with Gasteiger partial charge < -0.3 is 10.0 Å². The molecule has 0 amide bonds. The van der Waals surface area contributed by atoms with Crippen molar-refractivity contribution in [1.29, 1.82) is 0 Å². The van der Waals surface area contributed by atoms with Gasteiger partial charge in [0.1, 0.15) is 0 Å². The predicted octanol–water partition coefficient (Wildman–Crippen LogP) is 3.90. The second-order valence-corrected chi connectivity index (χ2v) is 5.29. The smallest absolute Gasteiger partial charge is 0.0787 e. The molecule has 0 heterocycles. The predicted molar refractivity (Wildman–Crippen MR) is 77.0 cm³/mol. The SMILES string of the molecule is CCCCN(c1ccc([C@H](O)CC)cc1)C1CC1. The Morgan fingerprint density at radius 1 is 1.22 bits per heavy atom. The summed E-state index contributed by atoms with van der Waals surface area (Å²) >= 11 is 0. The van der Waals surface area contributed by atoms with Crippen LogP contribution in [0.1, 0.15) is 57.6 Å². The number of aliphatic hydroxyl groups is 1. The number of nitrogens with zero attached hydrogens (tertiary/aromatic N) is 1. The number of hydrogen-bond acceptors (Lipinski definition) is 2. The zero-order valence-corrected chi connectivity index (χ0v) is 11.6. The fourth-order valence-corrected chi connectivity index (χ4v) is 2.36. The van der Waals surface area contributed by atoms with Crippen LogP contribution < -0.4 is 4.90 Å². The second-order valence-electron chi connectivity index (χ2n) is 5.29. The van der Waals surface area contributed by atoms with Gasteiger partial charge in [-0.05, 0) is 43.4 Å². The normalized spacial score (nSPS) is 16.6. The molecule has 1 aliphatic rings. The molecule has 2 rings (SSSR count). The maximum absolute atomic E-state index is 9.81. The molecule has 1 atom stereocenters. The van der Waals surface area contributed by atoms with Crippen molar-refractivity contribution in [2.24, 2.45) is 0 Å². The highest BCUT2D eigenvalue weighted by molar-refractivity contribution is 5.50. The Hall–Kier alpha value is -1.02. The van der Waals surface area contributed by atoms with Crippen LogP contribution in [0.15, 0.2) is 24.3 Å². The molecule has 2 heteroatoms. The van der Waals surface area contributed by atoms with E-state index in [9.17, 15) is 5.11 Å². The Morgan fingerprint density at radius 2 is 1.89 bits per heavy atom. The van der Waals surface area contributed by atoms with Crippen LogP contribution in [0.25, 0.3) is 0 Å². The largest absolute Gasteiger partial charge is 0.388 e. The highest BCUT2D eigenvalue weighted by Gasteiger charge is 2.28. The van der Waals surface area contributed by atoms with E-state index in [0.29, 0.717) is 0 Å². The molecular weight excluding hydrogens is 222 g/mol. The van der Waals surface area contributed by atoms with Crippen molar-refractivity contribution in [1.82, 2.24) is 0 Å². The van der Waals surface area contributed by atoms with E-state index in [0.717, 1.165) is 24.6 Å². The van der Waals surface area contributed by atoms with Crippen LogP contribution in [0.3, 0.4) is 0 Å². The Labute approximate surface area is 111 Å². The molecule has 1 saturated carbocycles. The Kier molecular flexibility index (Phi) is 4.65. The van der Waals surface area contributed by atoms with Gasteiger partial charge in [-0.2, -0.15) is 0 Å². The summed E-state index contributed by atoms with van der Waals surface area (Å²) in [7, 11) is 0. The first-order valence-corrected chi connectivity index (χ1v) is 7.31. The van der Waals surface area contributed by atoms with E-state index in [4.69, 9.17) is 0 Å². The van der Waals surface area contributed by atoms with E-state index < -0.39 is 0 Å². The first kappa shape index (κ1) is 13.4. The molecule has 1 N–H and O–H groups in total. The lowest BCUT2D eigenvalue weighted by atomic mass is 10.1. The summed E-state index contributed by atoms with van der Waals surface area (Å²) in [5.74, 6) is 0. The molecule has 0 aliphatic heterocycles. The van der Waals surface area contributed by atoms with Crippen molar-refractivity contribution in [2.45, 2.75) is 58.1 Å². The average molecular weight is 247 g/mol. The Morgan fingerprint density at radius 3 is 2.39 bits per heavy atom. The minimum absolute atomic E-state index is 0.316. The molecule has 1 fully saturated rings. The maximum Gasteiger partial charge on any atom is 0.0787 e. The van der Waals surface area contributed by atoms with Gasteiger partial charge in [-0.3, -0.25) is 0 Å². The molecule has 18 heavy (non-hydrogen) atoms. The van der Waals surface area contributed by atoms with Gasteiger partial charge in [0.05, 0.1) is 6.10 Å². The fraction of sp³-hybridized carbons (Fsp3) is 0.625. The lowest BCUT2D eigenvalue weighted by Crippen LogP contribution is -2.26. The first-order chi connectivity index (χ1) is 8.76. The summed E-state index contributed by atoms with van der Waals surface area (Å²) in [4.78, 5) is 2.53. The number of benzene rings is 1. The Balaban J connectivity index is 2.05. The number of rotatable bonds is 7. The molecule has 0 saturated heterocycles. The van der Waals surface area contributed by atoms with Crippen LogP contribution in [0, 0.1) is 0 Å². The van der Waals surface area contributed by atoms with E-state index in [1.54, 1.807) is 0 Å². The minimum Gasteiger partial charge on any atom is -0.388 e. The molecule has 1 aliphatic carbocycles. The number of anilines is 1. The molecular formula is C16H25NO. The topological polar surface area (TPSA) is 23.5 Å². The van der Waals surface area contributed by atoms with E-state index in [1.807, 2.05) is 6.92 Å². The molecule has 0 spiro atoms. The van der Waals surface area contributed by atoms with Crippen molar-refractivity contribution in [3.05, 3.63) is 29.8 Å². The van der Waals surface area contributed by atoms with Gasteiger partial charge in [0.2, 0.25) is 0 Å². The molecule has 1 aromatic rings. The lowest BCUT2D eigenvalue weighted by Gasteiger charge is -2.25. The van der Waals surface area contributed by atoms with Crippen LogP contribution in [-0.2, 0) is 0 Å². The van der Waals surface area contributed by atoms with Gasteiger partial charge in [-0.1, -0.05) is 32.4 Å². The third-order valence-corrected chi connectivity index (χ3v) is 3.74. The summed E-state index contributed by atoms with van der Waals surface area (Å²) < 4.78 is 0. The minimum atomic E-state index is -0.316. The third-order valence-electron chi connectivity index (χ3n) is 3.74. The molecule has 0 bridgehead atoms. The molecule has 2 nitrogen and oxygen atoms in total. The van der Waals surface area contributed by atoms with Gasteiger partial charge in [0.25, 0.3) is 0 Å². The van der Waals surface area contributed by atoms with E-state index >= 15 is 0 Å². The standard InChI is InChI=1S/C16H25NO/c1-3-5-12-17(15-10-11-15)14-8-6-13(7-9-14)16(18)4-2/h6-9,15-16,18H,3-5,10-12H2,1-2H3/t16-/m1/s1. The first-order valence-electron chi connectivity index (χ1n) is 7.31. The van der Waals surface area contributed by atoms with E-state index in [-0.39, 0.29) is 6.10 Å². The van der Waals surface area contributed by atoms with Gasteiger partial charge in [0.15, 0.2) is 0 Å². The van der Waals surface area contributed by atoms with Crippen molar-refractivity contribution in [3.63, 3.8) is 0 Å². The van der Waals surface area contributed by atoms with Gasteiger partial charge in [0, 0.05) is 18.3 Å². The summed E-state index contributed by atoms with van der Waals surface area (Å²) in [6.45, 7) is 5.42. The van der Waals surface area contributed by atoms with Gasteiger partial charge in [-0.15, -0.1) is 0 Å². The number of hydrogen-bond donors (Lipinski definition) is 1. The molecule has 1 aromatic carbocycles. The fourth-order valence-electron chi connectivity index (χ4n) is 2.36. The van der Waals surface area contributed by atoms with Gasteiger partial charge >= 0.3 is 0 Å². The number of unbranched alkanes of at least 4 members (excludes halogenated alkanes) is 1. The van der Waals surface area contributed by atoms with E-state index in [2.05, 4.69) is 36.1 Å². The highest BCUT2D eigenvalue weighted by Crippen LogP contribution is 2.32. The van der Waals surface area contributed by atoms with Crippen LogP contribution in [0.4, 0.5) is 5.69 Å². The second kappa shape index (κ2) is 6.24. The van der Waals surface area contributed by atoms with Gasteiger partial charge in [-0.25, -0.2) is 0 Å².